The summed E-state index contributed by atoms with van der Waals surface area (Å²) in [5.41, 5.74) is 3.06. The summed E-state index contributed by atoms with van der Waals surface area (Å²) in [6.07, 6.45) is 4.29. The Bertz CT molecular complexity index is 539. The maximum absolute atomic E-state index is 10.2. The summed E-state index contributed by atoms with van der Waals surface area (Å²) in [7, 11) is 0. The molecule has 1 unspecified atom stereocenters. The quantitative estimate of drug-likeness (QED) is 0.919. The average molecular weight is 324 g/mol. The van der Waals surface area contributed by atoms with Gasteiger partial charge in [-0.3, -0.25) is 9.67 Å². The number of nitrogens with zero attached hydrogens (tertiary/aromatic N) is 3. The largest absolute Gasteiger partial charge is 0.392 e. The van der Waals surface area contributed by atoms with E-state index in [0.29, 0.717) is 12.8 Å². The van der Waals surface area contributed by atoms with E-state index in [1.165, 1.54) is 0 Å². The molecule has 0 radical (unpaired) electrons. The first-order valence-corrected chi connectivity index (χ1v) is 7.19. The number of hydrogen-bond acceptors (Lipinski definition) is 3. The van der Waals surface area contributed by atoms with Crippen LogP contribution in [0.25, 0.3) is 0 Å². The second-order valence-corrected chi connectivity index (χ2v) is 5.38. The predicted molar refractivity (Wildman–Crippen MR) is 78.0 cm³/mol. The minimum Gasteiger partial charge on any atom is -0.392 e. The number of aryl methyl sites for hydroxylation is 2. The SMILES string of the molecule is CCn1nc(C)c(Br)c1CC(O)Cc1cccnc1. The van der Waals surface area contributed by atoms with Crippen molar-refractivity contribution in [2.24, 2.45) is 0 Å². The lowest BCUT2D eigenvalue weighted by atomic mass is 10.1. The van der Waals surface area contributed by atoms with Gasteiger partial charge >= 0.3 is 0 Å². The Balaban J connectivity index is 2.09. The molecule has 0 spiro atoms. The van der Waals surface area contributed by atoms with E-state index in [0.717, 1.165) is 28.0 Å². The van der Waals surface area contributed by atoms with Gasteiger partial charge < -0.3 is 5.11 Å². The summed E-state index contributed by atoms with van der Waals surface area (Å²) in [6.45, 7) is 4.82. The molecule has 0 saturated carbocycles. The Kier molecular flexibility index (Phi) is 4.71. The number of aliphatic hydroxyl groups is 1. The molecule has 2 rings (SSSR count). The molecule has 102 valence electrons. The second-order valence-electron chi connectivity index (χ2n) is 4.59. The Hall–Kier alpha value is -1.20. The topological polar surface area (TPSA) is 50.9 Å². The molecule has 1 N–H and O–H groups in total. The lowest BCUT2D eigenvalue weighted by Crippen LogP contribution is -2.17. The molecule has 2 aromatic rings. The first-order chi connectivity index (χ1) is 9.11. The third-order valence-electron chi connectivity index (χ3n) is 3.08. The van der Waals surface area contributed by atoms with Gasteiger partial charge in [-0.15, -0.1) is 0 Å². The van der Waals surface area contributed by atoms with Gasteiger partial charge in [-0.1, -0.05) is 6.07 Å². The van der Waals surface area contributed by atoms with E-state index >= 15 is 0 Å². The fourth-order valence-electron chi connectivity index (χ4n) is 2.15. The summed E-state index contributed by atoms with van der Waals surface area (Å²) in [5, 5.41) is 14.7. The molecule has 2 aromatic heterocycles. The summed E-state index contributed by atoms with van der Waals surface area (Å²) < 4.78 is 2.94. The van der Waals surface area contributed by atoms with Crippen LogP contribution in [0.1, 0.15) is 23.9 Å². The molecule has 0 amide bonds. The van der Waals surface area contributed by atoms with Crippen molar-refractivity contribution >= 4 is 15.9 Å². The molecular weight excluding hydrogens is 306 g/mol. The van der Waals surface area contributed by atoms with Gasteiger partial charge in [0.2, 0.25) is 0 Å². The Morgan fingerprint density at radius 3 is 2.84 bits per heavy atom. The molecule has 0 aromatic carbocycles. The highest BCUT2D eigenvalue weighted by atomic mass is 79.9. The Morgan fingerprint density at radius 2 is 2.21 bits per heavy atom. The molecule has 1 atom stereocenters. The van der Waals surface area contributed by atoms with Crippen LogP contribution in [0.15, 0.2) is 29.0 Å². The summed E-state index contributed by atoms with van der Waals surface area (Å²) in [4.78, 5) is 4.06. The molecule has 0 aliphatic heterocycles. The number of halogens is 1. The van der Waals surface area contributed by atoms with E-state index < -0.39 is 6.10 Å². The Labute approximate surface area is 121 Å². The van der Waals surface area contributed by atoms with Gasteiger partial charge in [-0.25, -0.2) is 0 Å². The van der Waals surface area contributed by atoms with Crippen molar-refractivity contribution in [1.29, 1.82) is 0 Å². The van der Waals surface area contributed by atoms with Crippen LogP contribution in [-0.4, -0.2) is 26.0 Å². The van der Waals surface area contributed by atoms with Crippen LogP contribution in [0, 0.1) is 6.92 Å². The van der Waals surface area contributed by atoms with E-state index in [1.807, 2.05) is 23.7 Å². The van der Waals surface area contributed by atoms with Gasteiger partial charge in [0.25, 0.3) is 0 Å². The highest BCUT2D eigenvalue weighted by molar-refractivity contribution is 9.10. The molecule has 0 fully saturated rings. The molecule has 0 aliphatic carbocycles. The fourth-order valence-corrected chi connectivity index (χ4v) is 2.60. The molecule has 4 nitrogen and oxygen atoms in total. The minimum atomic E-state index is -0.429. The number of hydrogen-bond donors (Lipinski definition) is 1. The van der Waals surface area contributed by atoms with Crippen molar-refractivity contribution in [3.63, 3.8) is 0 Å². The summed E-state index contributed by atoms with van der Waals surface area (Å²) in [6, 6.07) is 3.87. The zero-order valence-corrected chi connectivity index (χ0v) is 12.8. The zero-order chi connectivity index (χ0) is 13.8. The summed E-state index contributed by atoms with van der Waals surface area (Å²) in [5.74, 6) is 0. The smallest absolute Gasteiger partial charge is 0.0738 e. The molecule has 5 heteroatoms. The van der Waals surface area contributed by atoms with E-state index in [-0.39, 0.29) is 0 Å². The van der Waals surface area contributed by atoms with Gasteiger partial charge in [0.15, 0.2) is 0 Å². The molecule has 19 heavy (non-hydrogen) atoms. The van der Waals surface area contributed by atoms with Crippen molar-refractivity contribution < 1.29 is 5.11 Å². The lowest BCUT2D eigenvalue weighted by molar-refractivity contribution is 0.172. The van der Waals surface area contributed by atoms with Crippen LogP contribution in [-0.2, 0) is 19.4 Å². The lowest BCUT2D eigenvalue weighted by Gasteiger charge is -2.12. The first kappa shape index (κ1) is 14.2. The van der Waals surface area contributed by atoms with E-state index in [2.05, 4.69) is 32.9 Å². The van der Waals surface area contributed by atoms with Crippen molar-refractivity contribution in [3.05, 3.63) is 46.0 Å². The average Bonchev–Trinajstić information content (AvgIpc) is 2.67. The van der Waals surface area contributed by atoms with Crippen molar-refractivity contribution in [3.8, 4) is 0 Å². The standard InChI is InChI=1S/C14H18BrN3O/c1-3-18-13(14(15)10(2)17-18)8-12(19)7-11-5-4-6-16-9-11/h4-6,9,12,19H,3,7-8H2,1-2H3. The van der Waals surface area contributed by atoms with Crippen LogP contribution < -0.4 is 0 Å². The van der Waals surface area contributed by atoms with Gasteiger partial charge in [0.1, 0.15) is 0 Å². The van der Waals surface area contributed by atoms with Gasteiger partial charge in [0, 0.05) is 31.8 Å². The van der Waals surface area contributed by atoms with E-state index in [4.69, 9.17) is 0 Å². The normalized spacial score (nSPS) is 12.6. The van der Waals surface area contributed by atoms with Crippen molar-refractivity contribution in [2.75, 3.05) is 0 Å². The second kappa shape index (κ2) is 6.30. The van der Waals surface area contributed by atoms with Crippen LogP contribution in [0.5, 0.6) is 0 Å². The zero-order valence-electron chi connectivity index (χ0n) is 11.2. The highest BCUT2D eigenvalue weighted by Crippen LogP contribution is 2.23. The van der Waals surface area contributed by atoms with Gasteiger partial charge in [-0.05, 0) is 41.4 Å². The number of pyridine rings is 1. The number of aliphatic hydroxyl groups excluding tert-OH is 1. The number of aromatic nitrogens is 3. The highest BCUT2D eigenvalue weighted by Gasteiger charge is 2.16. The predicted octanol–water partition coefficient (Wildman–Crippen LogP) is 2.52. The van der Waals surface area contributed by atoms with E-state index in [9.17, 15) is 5.11 Å². The maximum atomic E-state index is 10.2. The molecule has 0 bridgehead atoms. The first-order valence-electron chi connectivity index (χ1n) is 6.40. The van der Waals surface area contributed by atoms with Crippen molar-refractivity contribution in [1.82, 2.24) is 14.8 Å². The molecule has 2 heterocycles. The maximum Gasteiger partial charge on any atom is 0.0738 e. The van der Waals surface area contributed by atoms with Gasteiger partial charge in [0.05, 0.1) is 22.0 Å². The Morgan fingerprint density at radius 1 is 1.42 bits per heavy atom. The minimum absolute atomic E-state index is 0.429. The molecule has 0 saturated heterocycles. The molecule has 0 aliphatic rings. The van der Waals surface area contributed by atoms with Crippen LogP contribution in [0.2, 0.25) is 0 Å². The third kappa shape index (κ3) is 3.42. The summed E-state index contributed by atoms with van der Waals surface area (Å²) >= 11 is 3.55. The number of rotatable bonds is 5. The fraction of sp³-hybridized carbons (Fsp3) is 0.429. The van der Waals surface area contributed by atoms with E-state index in [1.54, 1.807) is 12.4 Å². The van der Waals surface area contributed by atoms with Crippen molar-refractivity contribution in [2.45, 2.75) is 39.3 Å². The van der Waals surface area contributed by atoms with Crippen LogP contribution >= 0.6 is 15.9 Å². The molecular formula is C14H18BrN3O. The monoisotopic (exact) mass is 323 g/mol. The third-order valence-corrected chi connectivity index (χ3v) is 4.11. The van der Waals surface area contributed by atoms with Crippen LogP contribution in [0.4, 0.5) is 0 Å². The van der Waals surface area contributed by atoms with Gasteiger partial charge in [-0.2, -0.15) is 5.10 Å². The van der Waals surface area contributed by atoms with Crippen LogP contribution in [0.3, 0.4) is 0 Å².